The lowest BCUT2D eigenvalue weighted by molar-refractivity contribution is -0.150. The Hall–Kier alpha value is -2.78. The number of benzene rings is 1. The summed E-state index contributed by atoms with van der Waals surface area (Å²) in [6.45, 7) is 9.36. The second kappa shape index (κ2) is 10.7. The molecule has 1 atom stereocenters. The van der Waals surface area contributed by atoms with Gasteiger partial charge in [0.2, 0.25) is 5.91 Å². The third kappa shape index (κ3) is 6.50. The third-order valence-corrected chi connectivity index (χ3v) is 6.54. The van der Waals surface area contributed by atoms with Crippen molar-refractivity contribution in [3.8, 4) is 0 Å². The maximum atomic E-state index is 13.5. The van der Waals surface area contributed by atoms with E-state index in [1.807, 2.05) is 54.6 Å². The summed E-state index contributed by atoms with van der Waals surface area (Å²) >= 11 is 6.44. The fraction of sp³-hybridized carbons (Fsp3) is 0.577. The molecule has 1 saturated carbocycles. The first-order valence-electron chi connectivity index (χ1n) is 12.4. The molecule has 1 aliphatic heterocycles. The van der Waals surface area contributed by atoms with Crippen LogP contribution in [0.5, 0.6) is 0 Å². The van der Waals surface area contributed by atoms with Crippen LogP contribution < -0.4 is 5.32 Å². The number of carbonyl (C=O) groups excluding carboxylic acids is 3. The molecule has 1 aromatic heterocycles. The van der Waals surface area contributed by atoms with Gasteiger partial charge >= 0.3 is 6.09 Å². The number of hydrogen-bond donors (Lipinski definition) is 1. The molecule has 2 fully saturated rings. The fourth-order valence-electron chi connectivity index (χ4n) is 4.37. The molecule has 3 amide bonds. The quantitative estimate of drug-likeness (QED) is 0.605. The van der Waals surface area contributed by atoms with Crippen molar-refractivity contribution in [3.63, 3.8) is 0 Å². The lowest BCUT2D eigenvalue weighted by atomic mass is 10.1. The Morgan fingerprint density at radius 3 is 2.67 bits per heavy atom. The van der Waals surface area contributed by atoms with Gasteiger partial charge in [-0.3, -0.25) is 9.59 Å². The van der Waals surface area contributed by atoms with E-state index in [4.69, 9.17) is 21.1 Å². The van der Waals surface area contributed by atoms with E-state index in [9.17, 15) is 14.4 Å². The SMILES string of the molecule is CC(=O)NCCn1cc(Cl)c2ccc(CN(C(=O)[C@H]3CN(C(=O)OC(C)(C)C)CCO3)C3CC3)cc21. The van der Waals surface area contributed by atoms with Gasteiger partial charge in [0, 0.05) is 56.2 Å². The molecule has 0 spiro atoms. The molecular weight excluding hydrogens is 484 g/mol. The van der Waals surface area contributed by atoms with Crippen LogP contribution in [0.1, 0.15) is 46.1 Å². The zero-order valence-corrected chi connectivity index (χ0v) is 22.1. The van der Waals surface area contributed by atoms with E-state index in [1.165, 1.54) is 6.92 Å². The number of amides is 3. The highest BCUT2D eigenvalue weighted by Gasteiger charge is 2.39. The minimum atomic E-state index is -0.716. The lowest BCUT2D eigenvalue weighted by Gasteiger charge is -2.36. The molecule has 36 heavy (non-hydrogen) atoms. The molecule has 0 radical (unpaired) electrons. The van der Waals surface area contributed by atoms with Crippen LogP contribution in [-0.4, -0.2) is 76.3 Å². The van der Waals surface area contributed by atoms with E-state index in [0.29, 0.717) is 37.8 Å². The monoisotopic (exact) mass is 518 g/mol. The number of fused-ring (bicyclic) bond motifs is 1. The molecule has 0 bridgehead atoms. The van der Waals surface area contributed by atoms with E-state index >= 15 is 0 Å². The largest absolute Gasteiger partial charge is 0.444 e. The highest BCUT2D eigenvalue weighted by atomic mass is 35.5. The second-order valence-corrected chi connectivity index (χ2v) is 10.9. The molecule has 2 heterocycles. The van der Waals surface area contributed by atoms with Crippen LogP contribution in [0.25, 0.3) is 10.9 Å². The Balaban J connectivity index is 1.47. The summed E-state index contributed by atoms with van der Waals surface area (Å²) in [6.07, 6.45) is 2.63. The van der Waals surface area contributed by atoms with E-state index in [-0.39, 0.29) is 24.4 Å². The van der Waals surface area contributed by atoms with Crippen molar-refractivity contribution < 1.29 is 23.9 Å². The number of nitrogens with one attached hydrogen (secondary N) is 1. The van der Waals surface area contributed by atoms with Gasteiger partial charge < -0.3 is 29.2 Å². The van der Waals surface area contributed by atoms with Gasteiger partial charge in [0.05, 0.1) is 18.2 Å². The van der Waals surface area contributed by atoms with Crippen LogP contribution in [0.15, 0.2) is 24.4 Å². The van der Waals surface area contributed by atoms with Crippen LogP contribution in [0.2, 0.25) is 5.02 Å². The summed E-state index contributed by atoms with van der Waals surface area (Å²) < 4.78 is 13.3. The summed E-state index contributed by atoms with van der Waals surface area (Å²) in [5, 5.41) is 4.38. The summed E-state index contributed by atoms with van der Waals surface area (Å²) in [4.78, 5) is 40.7. The number of ether oxygens (including phenoxy) is 2. The minimum absolute atomic E-state index is 0.0769. The molecule has 1 saturated heterocycles. The molecule has 0 unspecified atom stereocenters. The highest BCUT2D eigenvalue weighted by Crippen LogP contribution is 2.32. The van der Waals surface area contributed by atoms with Crippen molar-refractivity contribution in [2.75, 3.05) is 26.2 Å². The van der Waals surface area contributed by atoms with Crippen LogP contribution in [0.4, 0.5) is 4.79 Å². The Kier molecular flexibility index (Phi) is 7.80. The average molecular weight is 519 g/mol. The summed E-state index contributed by atoms with van der Waals surface area (Å²) in [7, 11) is 0. The zero-order chi connectivity index (χ0) is 26.0. The van der Waals surface area contributed by atoms with E-state index in [0.717, 1.165) is 29.3 Å². The smallest absolute Gasteiger partial charge is 0.410 e. The van der Waals surface area contributed by atoms with Gasteiger partial charge in [-0.1, -0.05) is 23.7 Å². The molecular formula is C26H35ClN4O5. The lowest BCUT2D eigenvalue weighted by Crippen LogP contribution is -2.53. The van der Waals surface area contributed by atoms with Gasteiger partial charge in [0.25, 0.3) is 5.91 Å². The topological polar surface area (TPSA) is 93.1 Å². The Labute approximate surface area is 216 Å². The van der Waals surface area contributed by atoms with Gasteiger partial charge in [0.15, 0.2) is 6.10 Å². The van der Waals surface area contributed by atoms with Gasteiger partial charge in [-0.25, -0.2) is 4.79 Å². The fourth-order valence-corrected chi connectivity index (χ4v) is 4.65. The van der Waals surface area contributed by atoms with E-state index < -0.39 is 17.8 Å². The molecule has 2 aromatic rings. The molecule has 2 aliphatic rings. The van der Waals surface area contributed by atoms with Crippen LogP contribution >= 0.6 is 11.6 Å². The van der Waals surface area contributed by atoms with Crippen molar-refractivity contribution in [2.24, 2.45) is 0 Å². The molecule has 196 valence electrons. The standard InChI is InChI=1S/C26H35ClN4O5/c1-17(32)28-9-10-29-15-21(27)20-8-5-18(13-22(20)29)14-31(19-6-7-19)24(33)23-16-30(11-12-35-23)25(34)36-26(2,3)4/h5,8,13,15,19,23H,6-7,9-12,14,16H2,1-4H3,(H,28,32)/t23-/m1/s1. The Morgan fingerprint density at radius 1 is 1.25 bits per heavy atom. The summed E-state index contributed by atoms with van der Waals surface area (Å²) in [5.74, 6) is -0.183. The molecule has 1 N–H and O–H groups in total. The predicted octanol–water partition coefficient (Wildman–Crippen LogP) is 3.56. The first kappa shape index (κ1) is 26.3. The van der Waals surface area contributed by atoms with Gasteiger partial charge in [-0.05, 0) is 45.2 Å². The Bertz CT molecular complexity index is 1140. The number of hydrogen-bond acceptors (Lipinski definition) is 5. The molecule has 4 rings (SSSR count). The maximum absolute atomic E-state index is 13.5. The number of carbonyl (C=O) groups is 3. The van der Waals surface area contributed by atoms with Crippen LogP contribution in [0, 0.1) is 0 Å². The van der Waals surface area contributed by atoms with Crippen LogP contribution in [-0.2, 0) is 32.2 Å². The van der Waals surface area contributed by atoms with E-state index in [1.54, 1.807) is 4.90 Å². The normalized spacial score (nSPS) is 18.2. The molecule has 9 nitrogen and oxygen atoms in total. The van der Waals surface area contributed by atoms with Crippen molar-refractivity contribution in [1.29, 1.82) is 0 Å². The van der Waals surface area contributed by atoms with Crippen molar-refractivity contribution in [1.82, 2.24) is 19.7 Å². The Morgan fingerprint density at radius 2 is 2.00 bits per heavy atom. The first-order chi connectivity index (χ1) is 17.0. The molecule has 10 heteroatoms. The summed E-state index contributed by atoms with van der Waals surface area (Å²) in [5.41, 5.74) is 1.34. The number of morpholine rings is 1. The molecule has 1 aromatic carbocycles. The van der Waals surface area contributed by atoms with Crippen molar-refractivity contribution >= 4 is 40.4 Å². The predicted molar refractivity (Wildman–Crippen MR) is 137 cm³/mol. The summed E-state index contributed by atoms with van der Waals surface area (Å²) in [6, 6.07) is 6.18. The van der Waals surface area contributed by atoms with Crippen LogP contribution in [0.3, 0.4) is 0 Å². The third-order valence-electron chi connectivity index (χ3n) is 6.24. The first-order valence-corrected chi connectivity index (χ1v) is 12.8. The maximum Gasteiger partial charge on any atom is 0.410 e. The number of halogens is 1. The number of rotatable bonds is 7. The van der Waals surface area contributed by atoms with Gasteiger partial charge in [0.1, 0.15) is 5.60 Å². The van der Waals surface area contributed by atoms with Crippen molar-refractivity contribution in [2.45, 2.75) is 71.4 Å². The van der Waals surface area contributed by atoms with Crippen molar-refractivity contribution in [3.05, 3.63) is 35.0 Å². The van der Waals surface area contributed by atoms with E-state index in [2.05, 4.69) is 5.32 Å². The number of nitrogens with zero attached hydrogens (tertiary/aromatic N) is 3. The minimum Gasteiger partial charge on any atom is -0.444 e. The molecule has 1 aliphatic carbocycles. The van der Waals surface area contributed by atoms with Gasteiger partial charge in [-0.15, -0.1) is 0 Å². The van der Waals surface area contributed by atoms with Gasteiger partial charge in [-0.2, -0.15) is 0 Å². The highest BCUT2D eigenvalue weighted by molar-refractivity contribution is 6.35. The average Bonchev–Trinajstić information content (AvgIpc) is 3.60. The number of aromatic nitrogens is 1. The zero-order valence-electron chi connectivity index (χ0n) is 21.4. The second-order valence-electron chi connectivity index (χ2n) is 10.5.